The van der Waals surface area contributed by atoms with Gasteiger partial charge in [0.2, 0.25) is 0 Å². The molecule has 0 radical (unpaired) electrons. The van der Waals surface area contributed by atoms with Crippen molar-refractivity contribution in [2.24, 2.45) is 0 Å². The fourth-order valence-electron chi connectivity index (χ4n) is 2.19. The average Bonchev–Trinajstić information content (AvgIpc) is 2.10. The molecule has 0 aromatic heterocycles. The van der Waals surface area contributed by atoms with Crippen molar-refractivity contribution in [2.45, 2.75) is 57.7 Å². The van der Waals surface area contributed by atoms with Gasteiger partial charge in [0.15, 0.2) is 0 Å². The maximum atomic E-state index is 11.2. The smallest absolute Gasteiger partial charge is 0.407 e. The lowest BCUT2D eigenvalue weighted by molar-refractivity contribution is -0.0653. The van der Waals surface area contributed by atoms with Crippen molar-refractivity contribution >= 4 is 6.09 Å². The molecule has 1 aliphatic rings. The first-order valence-corrected chi connectivity index (χ1v) is 6.11. The topological polar surface area (TPSA) is 70.0 Å². The molecular formula is C12H23NO4. The molecule has 0 atom stereocenters. The molecule has 5 heteroatoms. The molecule has 0 saturated heterocycles. The largest absolute Gasteiger partial charge is 0.465 e. The van der Waals surface area contributed by atoms with E-state index < -0.39 is 6.09 Å². The number of aliphatic hydroxyl groups excluding tert-OH is 1. The van der Waals surface area contributed by atoms with E-state index in [-0.39, 0.29) is 24.3 Å². The molecule has 2 N–H and O–H groups in total. The zero-order chi connectivity index (χ0) is 13.1. The second-order valence-electron chi connectivity index (χ2n) is 5.52. The van der Waals surface area contributed by atoms with Crippen LogP contribution in [-0.2, 0) is 4.74 Å². The van der Waals surface area contributed by atoms with Crippen LogP contribution in [0.2, 0.25) is 0 Å². The highest BCUT2D eigenvalue weighted by Crippen LogP contribution is 2.32. The first-order chi connectivity index (χ1) is 7.86. The van der Waals surface area contributed by atoms with Crippen molar-refractivity contribution < 1.29 is 19.7 Å². The third kappa shape index (κ3) is 3.85. The number of carbonyl (C=O) groups is 1. The summed E-state index contributed by atoms with van der Waals surface area (Å²) in [7, 11) is 0. The zero-order valence-electron chi connectivity index (χ0n) is 10.8. The van der Waals surface area contributed by atoms with E-state index in [1.54, 1.807) is 0 Å². The lowest BCUT2D eigenvalue weighted by Crippen LogP contribution is -2.57. The van der Waals surface area contributed by atoms with Crippen molar-refractivity contribution in [3.8, 4) is 0 Å². The maximum absolute atomic E-state index is 11.2. The van der Waals surface area contributed by atoms with Gasteiger partial charge < -0.3 is 19.8 Å². The lowest BCUT2D eigenvalue weighted by Gasteiger charge is -2.47. The zero-order valence-corrected chi connectivity index (χ0v) is 10.8. The summed E-state index contributed by atoms with van der Waals surface area (Å²) in [6.07, 6.45) is 1.44. The Balaban J connectivity index is 2.36. The molecule has 0 bridgehead atoms. The summed E-state index contributed by atoms with van der Waals surface area (Å²) in [5, 5.41) is 17.8. The minimum absolute atomic E-state index is 0.0617. The fourth-order valence-corrected chi connectivity index (χ4v) is 2.19. The van der Waals surface area contributed by atoms with Crippen LogP contribution < -0.4 is 0 Å². The second-order valence-corrected chi connectivity index (χ2v) is 5.52. The van der Waals surface area contributed by atoms with Gasteiger partial charge in [0, 0.05) is 24.8 Å². The summed E-state index contributed by atoms with van der Waals surface area (Å²) in [5.41, 5.74) is -0.368. The van der Waals surface area contributed by atoms with Gasteiger partial charge in [-0.25, -0.2) is 4.79 Å². The van der Waals surface area contributed by atoms with Crippen LogP contribution in [0.1, 0.15) is 40.0 Å². The summed E-state index contributed by atoms with van der Waals surface area (Å²) in [6.45, 7) is 6.40. The number of aliphatic hydroxyl groups is 1. The first-order valence-electron chi connectivity index (χ1n) is 6.11. The van der Waals surface area contributed by atoms with Gasteiger partial charge in [-0.05, 0) is 40.0 Å². The summed E-state index contributed by atoms with van der Waals surface area (Å²) >= 11 is 0. The number of hydrogen-bond acceptors (Lipinski definition) is 3. The highest BCUT2D eigenvalue weighted by molar-refractivity contribution is 5.66. The molecule has 5 nitrogen and oxygen atoms in total. The monoisotopic (exact) mass is 245 g/mol. The Morgan fingerprint density at radius 3 is 2.41 bits per heavy atom. The van der Waals surface area contributed by atoms with Gasteiger partial charge in [-0.15, -0.1) is 0 Å². The number of hydrogen-bond donors (Lipinski definition) is 2. The van der Waals surface area contributed by atoms with Gasteiger partial charge in [-0.2, -0.15) is 0 Å². The Morgan fingerprint density at radius 2 is 2.00 bits per heavy atom. The van der Waals surface area contributed by atoms with E-state index >= 15 is 0 Å². The first kappa shape index (κ1) is 14.3. The quantitative estimate of drug-likeness (QED) is 0.723. The Labute approximate surface area is 102 Å². The fraction of sp³-hybridized carbons (Fsp3) is 0.917. The van der Waals surface area contributed by atoms with Crippen molar-refractivity contribution in [3.05, 3.63) is 0 Å². The highest BCUT2D eigenvalue weighted by atomic mass is 16.5. The van der Waals surface area contributed by atoms with E-state index in [1.807, 2.05) is 20.8 Å². The van der Waals surface area contributed by atoms with Crippen molar-refractivity contribution in [2.75, 3.05) is 13.2 Å². The van der Waals surface area contributed by atoms with Crippen LogP contribution in [0.15, 0.2) is 0 Å². The van der Waals surface area contributed by atoms with E-state index in [4.69, 9.17) is 9.84 Å². The van der Waals surface area contributed by atoms with Crippen LogP contribution in [0.3, 0.4) is 0 Å². The molecule has 1 amide bonds. The molecule has 0 unspecified atom stereocenters. The molecule has 17 heavy (non-hydrogen) atoms. The van der Waals surface area contributed by atoms with E-state index in [1.165, 1.54) is 4.90 Å². The number of amides is 1. The van der Waals surface area contributed by atoms with Crippen molar-refractivity contribution in [3.63, 3.8) is 0 Å². The summed E-state index contributed by atoms with van der Waals surface area (Å²) in [4.78, 5) is 12.7. The summed E-state index contributed by atoms with van der Waals surface area (Å²) in [5.74, 6) is 0. The van der Waals surface area contributed by atoms with E-state index in [2.05, 4.69) is 0 Å². The molecule has 1 rings (SSSR count). The Bertz CT molecular complexity index is 256. The van der Waals surface area contributed by atoms with Gasteiger partial charge in [0.05, 0.1) is 6.10 Å². The molecular weight excluding hydrogens is 222 g/mol. The average molecular weight is 245 g/mol. The van der Waals surface area contributed by atoms with Crippen LogP contribution in [-0.4, -0.2) is 52.1 Å². The van der Waals surface area contributed by atoms with E-state index in [0.29, 0.717) is 13.0 Å². The molecule has 0 aromatic carbocycles. The van der Waals surface area contributed by atoms with E-state index in [0.717, 1.165) is 12.8 Å². The lowest BCUT2D eigenvalue weighted by atomic mass is 9.85. The number of rotatable bonds is 5. The van der Waals surface area contributed by atoms with Crippen molar-refractivity contribution in [1.29, 1.82) is 0 Å². The SMILES string of the molecule is CC(C)(C)N(C(=O)O)C1CC(OCCCO)C1. The van der Waals surface area contributed by atoms with Gasteiger partial charge >= 0.3 is 6.09 Å². The van der Waals surface area contributed by atoms with Crippen LogP contribution in [0.4, 0.5) is 4.79 Å². The maximum Gasteiger partial charge on any atom is 0.407 e. The molecule has 1 aliphatic carbocycles. The molecule has 0 aromatic rings. The molecule has 1 saturated carbocycles. The Hall–Kier alpha value is -0.810. The molecule has 0 heterocycles. The third-order valence-corrected chi connectivity index (χ3v) is 3.02. The van der Waals surface area contributed by atoms with Gasteiger partial charge in [0.1, 0.15) is 0 Å². The highest BCUT2D eigenvalue weighted by Gasteiger charge is 2.41. The minimum atomic E-state index is -0.865. The third-order valence-electron chi connectivity index (χ3n) is 3.02. The normalized spacial score (nSPS) is 24.2. The van der Waals surface area contributed by atoms with E-state index in [9.17, 15) is 9.90 Å². The minimum Gasteiger partial charge on any atom is -0.465 e. The van der Waals surface area contributed by atoms with Gasteiger partial charge in [-0.3, -0.25) is 0 Å². The summed E-state index contributed by atoms with van der Waals surface area (Å²) in [6, 6.07) is 0.0617. The second kappa shape index (κ2) is 5.69. The predicted octanol–water partition coefficient (Wildman–Crippen LogP) is 1.69. The Kier molecular flexibility index (Phi) is 4.77. The summed E-state index contributed by atoms with van der Waals surface area (Å²) < 4.78 is 5.51. The predicted molar refractivity (Wildman–Crippen MR) is 64.1 cm³/mol. The molecule has 100 valence electrons. The molecule has 0 aliphatic heterocycles. The number of nitrogens with zero attached hydrogens (tertiary/aromatic N) is 1. The van der Waals surface area contributed by atoms with Crippen LogP contribution in [0, 0.1) is 0 Å². The molecule has 0 spiro atoms. The molecule has 1 fully saturated rings. The Morgan fingerprint density at radius 1 is 1.41 bits per heavy atom. The van der Waals surface area contributed by atoms with Crippen LogP contribution in [0.25, 0.3) is 0 Å². The van der Waals surface area contributed by atoms with Gasteiger partial charge in [-0.1, -0.05) is 0 Å². The standard InChI is InChI=1S/C12H23NO4/c1-12(2,3)13(11(15)16)9-7-10(8-9)17-6-4-5-14/h9-10,14H,4-8H2,1-3H3,(H,15,16). The number of carboxylic acid groups (broad SMARTS) is 1. The van der Waals surface area contributed by atoms with Gasteiger partial charge in [0.25, 0.3) is 0 Å². The van der Waals surface area contributed by atoms with Crippen LogP contribution in [0.5, 0.6) is 0 Å². The number of ether oxygens (including phenoxy) is 1. The van der Waals surface area contributed by atoms with Crippen LogP contribution >= 0.6 is 0 Å². The van der Waals surface area contributed by atoms with Crippen molar-refractivity contribution in [1.82, 2.24) is 4.90 Å².